The average Bonchev–Trinajstić information content (AvgIpc) is 0.823. The molecule has 1 aliphatic rings. The van der Waals surface area contributed by atoms with Crippen LogP contribution in [0, 0.1) is 62.2 Å². The molecular formula is C84H106N5+5. The summed E-state index contributed by atoms with van der Waals surface area (Å²) in [5, 5.41) is 0. The second-order valence-electron chi connectivity index (χ2n) is 24.1. The van der Waals surface area contributed by atoms with Crippen molar-refractivity contribution in [2.24, 2.45) is 35.2 Å². The first-order valence-electron chi connectivity index (χ1n) is 38.6. The Morgan fingerprint density at radius 3 is 1.02 bits per heavy atom. The van der Waals surface area contributed by atoms with Gasteiger partial charge in [0.15, 0.2) is 31.0 Å². The number of aromatic nitrogens is 5. The van der Waals surface area contributed by atoms with E-state index in [2.05, 4.69) is 136 Å². The highest BCUT2D eigenvalue weighted by molar-refractivity contribution is 5.65. The molecule has 11 rings (SSSR count). The van der Waals surface area contributed by atoms with Crippen LogP contribution in [0.2, 0.25) is 0 Å². The van der Waals surface area contributed by atoms with Gasteiger partial charge in [-0.2, -0.15) is 0 Å². The van der Waals surface area contributed by atoms with Gasteiger partial charge in [0.2, 0.25) is 28.5 Å². The third-order valence-corrected chi connectivity index (χ3v) is 17.1. The van der Waals surface area contributed by atoms with Gasteiger partial charge in [-0.05, 0) is 191 Å². The van der Waals surface area contributed by atoms with E-state index in [-0.39, 0.29) is 22.3 Å². The predicted octanol–water partition coefficient (Wildman–Crippen LogP) is 18.7. The quantitative estimate of drug-likeness (QED) is 0.122. The van der Waals surface area contributed by atoms with E-state index in [9.17, 15) is 0 Å². The zero-order chi connectivity index (χ0) is 77.6. The summed E-state index contributed by atoms with van der Waals surface area (Å²) in [4.78, 5) is 0. The van der Waals surface area contributed by atoms with Crippen molar-refractivity contribution in [3.05, 3.63) is 267 Å². The SMILES string of the molecule is Cc1ccccc1-c1cc(C2CCCC2)cc[n+]1C.[2H]C(C)(C)c1c[n+](C)c(-c2ccccc2C)cc1C.[2H]C([2H])([2H])C([2H])(C)c1c[n+](C)c(-c2ccccc2C)cc1C.[2H]C([2H])([2H])c1c[n+](C)c(-c2ccccc2C)cc1C([2H])([2H])C.[2H]C([2H])([2H])c1c[n+](C)c(-c2ccccc2C)cc1C([2H])([2H])C. The summed E-state index contributed by atoms with van der Waals surface area (Å²) in [7, 11) is 9.65. The second-order valence-corrected chi connectivity index (χ2v) is 24.1. The van der Waals surface area contributed by atoms with Crippen LogP contribution in [0.1, 0.15) is 183 Å². The molecule has 5 nitrogen and oxygen atoms in total. The van der Waals surface area contributed by atoms with E-state index in [0.717, 1.165) is 67.5 Å². The predicted molar refractivity (Wildman–Crippen MR) is 376 cm³/mol. The second kappa shape index (κ2) is 31.8. The standard InChI is InChI=1S/C18H22N.2C17H22N.2C16H20N/c1-14-7-3-6-10-17(14)18-13-16(11-12-19(18)2)15-8-4-5-9-15;2*1-12(2)16-11-18(5)17(10-14(16)4)15-9-7-6-8-13(15)3;2*1-5-14-10-16(17(4)11-13(14)3)15-9-7-6-8-12(15)2/h3,6-7,10-13,15H,4-5,8-9H2,1-2H3;2*6-12H,1-5H3;2*6-11H,5H2,1-4H3/q5*+1/i;1D3,12D;12D;2*3D3,5D2. The Balaban J connectivity index is 0.000000182. The number of rotatable bonds is 10. The summed E-state index contributed by atoms with van der Waals surface area (Å²) in [6, 6.07) is 52.9. The fourth-order valence-corrected chi connectivity index (χ4v) is 11.9. The molecule has 0 radical (unpaired) electrons. The molecule has 1 aliphatic carbocycles. The Morgan fingerprint density at radius 1 is 0.393 bits per heavy atom. The van der Waals surface area contributed by atoms with Gasteiger partial charge >= 0.3 is 0 Å². The smallest absolute Gasteiger partial charge is 0.201 e. The average molecular weight is 1200 g/mol. The van der Waals surface area contributed by atoms with Crippen LogP contribution < -0.4 is 22.8 Å². The molecule has 5 heteroatoms. The molecule has 0 amide bonds. The number of hydrogen-bond acceptors (Lipinski definition) is 0. The maximum atomic E-state index is 8.30. The van der Waals surface area contributed by atoms with Gasteiger partial charge in [-0.15, -0.1) is 0 Å². The zero-order valence-corrected chi connectivity index (χ0v) is 56.0. The molecule has 0 bridgehead atoms. The van der Waals surface area contributed by atoms with Crippen molar-refractivity contribution < 1.29 is 43.4 Å². The summed E-state index contributed by atoms with van der Waals surface area (Å²) in [5.41, 5.74) is 22.4. The number of nitrogens with zero attached hydrogens (tertiary/aromatic N) is 5. The van der Waals surface area contributed by atoms with E-state index in [4.69, 9.17) is 20.6 Å². The minimum atomic E-state index is -2.37. The molecule has 462 valence electrons. The molecule has 10 aromatic rings. The van der Waals surface area contributed by atoms with E-state index in [1.807, 2.05) is 119 Å². The van der Waals surface area contributed by atoms with E-state index in [1.54, 1.807) is 41.6 Å². The summed E-state index contributed by atoms with van der Waals surface area (Å²) >= 11 is 0. The molecule has 5 aromatic carbocycles. The van der Waals surface area contributed by atoms with Gasteiger partial charge < -0.3 is 0 Å². The van der Waals surface area contributed by atoms with Gasteiger partial charge in [-0.3, -0.25) is 0 Å². The number of pyridine rings is 5. The number of aryl methyl sites for hydroxylation is 16. The first kappa shape index (κ1) is 49.7. The first-order chi connectivity index (χ1) is 48.1. The summed E-state index contributed by atoms with van der Waals surface area (Å²) in [6.07, 6.45) is 11.2. The lowest BCUT2D eigenvalue weighted by molar-refractivity contribution is -0.661. The zero-order valence-electron chi connectivity index (χ0n) is 71.0. The van der Waals surface area contributed by atoms with Crippen molar-refractivity contribution in [1.82, 2.24) is 0 Å². The molecular weight excluding hydrogens is 1080 g/mol. The molecule has 1 fully saturated rings. The molecule has 0 saturated heterocycles. The molecule has 0 aliphatic heterocycles. The molecule has 1 atom stereocenters. The van der Waals surface area contributed by atoms with Crippen LogP contribution in [0.4, 0.5) is 0 Å². The Kier molecular flexibility index (Phi) is 17.8. The minimum Gasteiger partial charge on any atom is -0.201 e. The van der Waals surface area contributed by atoms with Crippen molar-refractivity contribution in [3.63, 3.8) is 0 Å². The van der Waals surface area contributed by atoms with Crippen molar-refractivity contribution in [2.45, 2.75) is 160 Å². The lowest BCUT2D eigenvalue weighted by Gasteiger charge is -2.11. The fraction of sp³-hybridized carbons (Fsp3) is 0.345. The number of benzene rings is 5. The largest absolute Gasteiger partial charge is 0.212 e. The maximum Gasteiger partial charge on any atom is 0.212 e. The van der Waals surface area contributed by atoms with Crippen molar-refractivity contribution in [3.8, 4) is 56.3 Å². The van der Waals surface area contributed by atoms with E-state index >= 15 is 0 Å². The molecule has 1 unspecified atom stereocenters. The number of hydrogen-bond donors (Lipinski definition) is 0. The van der Waals surface area contributed by atoms with Crippen LogP contribution in [0.15, 0.2) is 189 Å². The Hall–Kier alpha value is -8.15. The molecule has 5 aromatic heterocycles. The normalized spacial score (nSPS) is 15.9. The maximum absolute atomic E-state index is 8.30. The fourth-order valence-electron chi connectivity index (χ4n) is 11.9. The summed E-state index contributed by atoms with van der Waals surface area (Å²) in [5.74, 6) is -1.41. The van der Waals surface area contributed by atoms with Crippen LogP contribution in [-0.4, -0.2) is 0 Å². The lowest BCUT2D eigenvalue weighted by atomic mass is 9.95. The van der Waals surface area contributed by atoms with Crippen molar-refractivity contribution >= 4 is 0 Å². The van der Waals surface area contributed by atoms with Gasteiger partial charge in [0, 0.05) is 107 Å². The van der Waals surface area contributed by atoms with Gasteiger partial charge in [-0.25, -0.2) is 22.8 Å². The Morgan fingerprint density at radius 2 is 0.708 bits per heavy atom. The van der Waals surface area contributed by atoms with Crippen LogP contribution >= 0.6 is 0 Å². The van der Waals surface area contributed by atoms with Crippen LogP contribution in [0.5, 0.6) is 0 Å². The highest BCUT2D eigenvalue weighted by atomic mass is 14.9. The van der Waals surface area contributed by atoms with Gasteiger partial charge in [0.25, 0.3) is 0 Å². The third-order valence-electron chi connectivity index (χ3n) is 17.1. The molecule has 0 spiro atoms. The van der Waals surface area contributed by atoms with E-state index < -0.39 is 45.1 Å². The van der Waals surface area contributed by atoms with Crippen molar-refractivity contribution in [1.29, 1.82) is 0 Å². The molecule has 1 saturated carbocycles. The summed E-state index contributed by atoms with van der Waals surface area (Å²) < 4.78 is 127. The third kappa shape index (κ3) is 17.4. The Bertz CT molecular complexity index is 4530. The monoisotopic (exact) mass is 1200 g/mol. The Labute approximate surface area is 559 Å². The molecule has 5 heterocycles. The van der Waals surface area contributed by atoms with Crippen LogP contribution in [0.3, 0.4) is 0 Å². The van der Waals surface area contributed by atoms with Crippen LogP contribution in [0.25, 0.3) is 56.3 Å². The highest BCUT2D eigenvalue weighted by Crippen LogP contribution is 2.35. The van der Waals surface area contributed by atoms with Gasteiger partial charge in [0.05, 0.1) is 0 Å². The summed E-state index contributed by atoms with van der Waals surface area (Å²) in [6.45, 7) is 15.3. The first-order valence-corrected chi connectivity index (χ1v) is 31.1. The van der Waals surface area contributed by atoms with E-state index in [1.165, 1.54) is 104 Å². The minimum absolute atomic E-state index is 0.0554. The topological polar surface area (TPSA) is 19.4 Å². The highest BCUT2D eigenvalue weighted by Gasteiger charge is 2.23. The van der Waals surface area contributed by atoms with Crippen LogP contribution in [-0.2, 0) is 48.0 Å². The molecule has 89 heavy (non-hydrogen) atoms. The lowest BCUT2D eigenvalue weighted by Crippen LogP contribution is -2.32. The molecule has 0 N–H and O–H groups in total. The van der Waals surface area contributed by atoms with Crippen molar-refractivity contribution in [2.75, 3.05) is 0 Å². The van der Waals surface area contributed by atoms with Gasteiger partial charge in [0.1, 0.15) is 35.2 Å². The van der Waals surface area contributed by atoms with Gasteiger partial charge in [-0.1, -0.05) is 145 Å². The van der Waals surface area contributed by atoms with E-state index in [0.29, 0.717) is 5.56 Å².